The number of carbonyl (C=O) groups is 1. The average molecular weight is 274 g/mol. The van der Waals surface area contributed by atoms with E-state index < -0.39 is 24.3 Å². The number of esters is 1. The number of para-hydroxylation sites is 1. The van der Waals surface area contributed by atoms with Crippen molar-refractivity contribution in [1.82, 2.24) is 0 Å². The third-order valence-corrected chi connectivity index (χ3v) is 2.04. The van der Waals surface area contributed by atoms with Crippen LogP contribution in [0.15, 0.2) is 35.4 Å². The first kappa shape index (κ1) is 15.0. The number of alkyl halides is 3. The lowest BCUT2D eigenvalue weighted by molar-refractivity contribution is -0.142. The highest BCUT2D eigenvalue weighted by atomic mass is 19.4. The molecular weight excluding hydrogens is 261 g/mol. The van der Waals surface area contributed by atoms with Gasteiger partial charge in [-0.2, -0.15) is 18.3 Å². The van der Waals surface area contributed by atoms with E-state index in [0.717, 1.165) is 0 Å². The predicted octanol–water partition coefficient (Wildman–Crippen LogP) is 2.97. The smallest absolute Gasteiger partial charge is 0.431 e. The number of hydrogen-bond donors (Lipinski definition) is 1. The molecule has 0 radical (unpaired) electrons. The minimum Gasteiger partial charge on any atom is -0.466 e. The second-order valence-corrected chi connectivity index (χ2v) is 3.52. The first-order valence-corrected chi connectivity index (χ1v) is 5.54. The van der Waals surface area contributed by atoms with E-state index in [-0.39, 0.29) is 6.61 Å². The molecule has 7 heteroatoms. The maximum absolute atomic E-state index is 12.6. The molecule has 1 aromatic carbocycles. The summed E-state index contributed by atoms with van der Waals surface area (Å²) in [7, 11) is 0. The highest BCUT2D eigenvalue weighted by molar-refractivity contribution is 6.02. The Labute approximate surface area is 108 Å². The third-order valence-electron chi connectivity index (χ3n) is 2.04. The first-order valence-electron chi connectivity index (χ1n) is 5.54. The number of benzene rings is 1. The van der Waals surface area contributed by atoms with Gasteiger partial charge in [0.15, 0.2) is 5.71 Å². The van der Waals surface area contributed by atoms with Crippen molar-refractivity contribution in [3.8, 4) is 0 Å². The van der Waals surface area contributed by atoms with Crippen LogP contribution >= 0.6 is 0 Å². The molecule has 0 fully saturated rings. The summed E-state index contributed by atoms with van der Waals surface area (Å²) in [6.45, 7) is 1.54. The van der Waals surface area contributed by atoms with Crippen molar-refractivity contribution in [2.24, 2.45) is 5.10 Å². The van der Waals surface area contributed by atoms with Gasteiger partial charge in [0.05, 0.1) is 18.7 Å². The van der Waals surface area contributed by atoms with Crippen molar-refractivity contribution in [2.75, 3.05) is 12.0 Å². The molecule has 1 N–H and O–H groups in total. The number of rotatable bonds is 5. The number of anilines is 1. The summed E-state index contributed by atoms with van der Waals surface area (Å²) >= 11 is 0. The van der Waals surface area contributed by atoms with Crippen molar-refractivity contribution in [3.05, 3.63) is 30.3 Å². The van der Waals surface area contributed by atoms with Gasteiger partial charge in [0, 0.05) is 0 Å². The molecule has 0 aliphatic rings. The van der Waals surface area contributed by atoms with Crippen molar-refractivity contribution < 1.29 is 22.7 Å². The van der Waals surface area contributed by atoms with Crippen LogP contribution in [-0.4, -0.2) is 24.5 Å². The van der Waals surface area contributed by atoms with Gasteiger partial charge in [0.1, 0.15) is 0 Å². The van der Waals surface area contributed by atoms with E-state index in [2.05, 4.69) is 15.3 Å². The van der Waals surface area contributed by atoms with Crippen molar-refractivity contribution in [1.29, 1.82) is 0 Å². The van der Waals surface area contributed by atoms with Crippen molar-refractivity contribution in [2.45, 2.75) is 19.5 Å². The molecule has 0 aliphatic carbocycles. The van der Waals surface area contributed by atoms with Gasteiger partial charge >= 0.3 is 12.1 Å². The lowest BCUT2D eigenvalue weighted by atomic mass is 10.2. The zero-order valence-electron chi connectivity index (χ0n) is 10.2. The van der Waals surface area contributed by atoms with E-state index in [4.69, 9.17) is 0 Å². The third kappa shape index (κ3) is 5.41. The van der Waals surface area contributed by atoms with Gasteiger partial charge in [-0.25, -0.2) is 0 Å². The van der Waals surface area contributed by atoms with Gasteiger partial charge < -0.3 is 4.74 Å². The van der Waals surface area contributed by atoms with Crippen LogP contribution in [0, 0.1) is 0 Å². The fourth-order valence-corrected chi connectivity index (χ4v) is 1.20. The Hall–Kier alpha value is -2.05. The van der Waals surface area contributed by atoms with Crippen LogP contribution in [0.2, 0.25) is 0 Å². The zero-order valence-corrected chi connectivity index (χ0v) is 10.2. The molecule has 1 rings (SSSR count). The van der Waals surface area contributed by atoms with Crippen LogP contribution in [0.1, 0.15) is 13.3 Å². The van der Waals surface area contributed by atoms with Crippen molar-refractivity contribution >= 4 is 17.4 Å². The van der Waals surface area contributed by atoms with Crippen LogP contribution in [-0.2, 0) is 9.53 Å². The summed E-state index contributed by atoms with van der Waals surface area (Å²) in [4.78, 5) is 11.1. The standard InChI is InChI=1S/C12H13F3N2O2/c1-2-19-11(18)8-10(12(13,14)15)17-16-9-6-4-3-5-7-9/h3-7,16H,2,8H2,1H3. The fraction of sp³-hybridized carbons (Fsp3) is 0.333. The Morgan fingerprint density at radius 2 is 1.95 bits per heavy atom. The van der Waals surface area contributed by atoms with Crippen LogP contribution < -0.4 is 5.43 Å². The number of hydrazone groups is 1. The minimum absolute atomic E-state index is 0.0239. The SMILES string of the molecule is CCOC(=O)CC(=NNc1ccccc1)C(F)(F)F. The maximum atomic E-state index is 12.6. The van der Waals surface area contributed by atoms with Crippen LogP contribution in [0.4, 0.5) is 18.9 Å². The number of nitrogens with zero attached hydrogens (tertiary/aromatic N) is 1. The Bertz CT molecular complexity index is 444. The van der Waals surface area contributed by atoms with E-state index in [1.807, 2.05) is 0 Å². The predicted molar refractivity (Wildman–Crippen MR) is 64.8 cm³/mol. The molecule has 19 heavy (non-hydrogen) atoms. The molecule has 4 nitrogen and oxygen atoms in total. The molecule has 0 saturated heterocycles. The molecule has 0 heterocycles. The normalized spacial score (nSPS) is 12.1. The van der Waals surface area contributed by atoms with Crippen LogP contribution in [0.5, 0.6) is 0 Å². The van der Waals surface area contributed by atoms with Gasteiger partial charge in [0.2, 0.25) is 0 Å². The molecule has 0 saturated carbocycles. The van der Waals surface area contributed by atoms with E-state index in [1.165, 1.54) is 6.92 Å². The molecule has 1 aromatic rings. The summed E-state index contributed by atoms with van der Waals surface area (Å²) in [5.41, 5.74) is 1.43. The van der Waals surface area contributed by atoms with Crippen molar-refractivity contribution in [3.63, 3.8) is 0 Å². The average Bonchev–Trinajstić information content (AvgIpc) is 2.34. The fourth-order valence-electron chi connectivity index (χ4n) is 1.20. The number of halogens is 3. The molecule has 0 aromatic heterocycles. The number of nitrogens with one attached hydrogen (secondary N) is 1. The summed E-state index contributed by atoms with van der Waals surface area (Å²) in [5.74, 6) is -0.964. The minimum atomic E-state index is -4.69. The molecule has 0 spiro atoms. The molecule has 104 valence electrons. The van der Waals surface area contributed by atoms with E-state index >= 15 is 0 Å². The first-order chi connectivity index (χ1) is 8.93. The number of hydrogen-bond acceptors (Lipinski definition) is 4. The van der Waals surface area contributed by atoms with E-state index in [0.29, 0.717) is 5.69 Å². The highest BCUT2D eigenvalue weighted by Crippen LogP contribution is 2.20. The monoisotopic (exact) mass is 274 g/mol. The van der Waals surface area contributed by atoms with Gasteiger partial charge in [-0.15, -0.1) is 0 Å². The number of carbonyl (C=O) groups excluding carboxylic acids is 1. The quantitative estimate of drug-likeness (QED) is 0.510. The van der Waals surface area contributed by atoms with E-state index in [9.17, 15) is 18.0 Å². The zero-order chi connectivity index (χ0) is 14.3. The molecule has 0 unspecified atom stereocenters. The lowest BCUT2D eigenvalue weighted by Crippen LogP contribution is -2.27. The van der Waals surface area contributed by atoms with Gasteiger partial charge in [-0.1, -0.05) is 18.2 Å². The highest BCUT2D eigenvalue weighted by Gasteiger charge is 2.37. The van der Waals surface area contributed by atoms with Crippen LogP contribution in [0.25, 0.3) is 0 Å². The summed E-state index contributed by atoms with van der Waals surface area (Å²) < 4.78 is 42.4. The summed E-state index contributed by atoms with van der Waals surface area (Å²) in [6.07, 6.45) is -5.61. The molecule has 0 atom stereocenters. The van der Waals surface area contributed by atoms with Gasteiger partial charge in [-0.3, -0.25) is 10.2 Å². The molecule has 0 bridgehead atoms. The lowest BCUT2D eigenvalue weighted by Gasteiger charge is -2.10. The number of ether oxygens (including phenoxy) is 1. The van der Waals surface area contributed by atoms with Gasteiger partial charge in [0.25, 0.3) is 0 Å². The summed E-state index contributed by atoms with van der Waals surface area (Å²) in [5, 5.41) is 3.23. The Balaban J connectivity index is 2.77. The Morgan fingerprint density at radius 1 is 1.32 bits per heavy atom. The Morgan fingerprint density at radius 3 is 2.47 bits per heavy atom. The van der Waals surface area contributed by atoms with Gasteiger partial charge in [-0.05, 0) is 19.1 Å². The maximum Gasteiger partial charge on any atom is 0.431 e. The molecule has 0 aliphatic heterocycles. The van der Waals surface area contributed by atoms with E-state index in [1.54, 1.807) is 30.3 Å². The second kappa shape index (κ2) is 6.77. The molecule has 0 amide bonds. The Kier molecular flexibility index (Phi) is 5.35. The summed E-state index contributed by atoms with van der Waals surface area (Å²) in [6, 6.07) is 8.13. The topological polar surface area (TPSA) is 50.7 Å². The second-order valence-electron chi connectivity index (χ2n) is 3.52. The largest absolute Gasteiger partial charge is 0.466 e. The molecular formula is C12H13F3N2O2. The van der Waals surface area contributed by atoms with Crippen LogP contribution in [0.3, 0.4) is 0 Å².